The zero-order valence-electron chi connectivity index (χ0n) is 11.7. The third-order valence-corrected chi connectivity index (χ3v) is 2.84. The van der Waals surface area contributed by atoms with Crippen molar-refractivity contribution < 1.29 is 14.3 Å². The topological polar surface area (TPSA) is 53.3 Å². The van der Waals surface area contributed by atoms with Crippen LogP contribution in [0.3, 0.4) is 0 Å². The van der Waals surface area contributed by atoms with Crippen molar-refractivity contribution in [3.8, 4) is 11.5 Å². The lowest BCUT2D eigenvalue weighted by Gasteiger charge is -2.09. The molecular weight excluding hydrogens is 256 g/mol. The summed E-state index contributed by atoms with van der Waals surface area (Å²) in [5.41, 5.74) is 1.33. The molecule has 0 saturated carbocycles. The molecule has 1 aromatic carbocycles. The first-order valence-corrected chi connectivity index (χ1v) is 6.07. The second-order valence-corrected chi connectivity index (χ2v) is 4.18. The third kappa shape index (κ3) is 2.88. The van der Waals surface area contributed by atoms with Gasteiger partial charge in [0.2, 0.25) is 0 Å². The molecule has 104 valence electrons. The lowest BCUT2D eigenvalue weighted by molar-refractivity contribution is 0.104. The normalized spacial score (nSPS) is 10.8. The van der Waals surface area contributed by atoms with Crippen molar-refractivity contribution in [2.24, 2.45) is 7.05 Å². The Morgan fingerprint density at radius 2 is 2.10 bits per heavy atom. The summed E-state index contributed by atoms with van der Waals surface area (Å²) in [7, 11) is 4.91. The van der Waals surface area contributed by atoms with E-state index in [9.17, 15) is 4.79 Å². The highest BCUT2D eigenvalue weighted by Crippen LogP contribution is 2.31. The minimum absolute atomic E-state index is 0.108. The van der Waals surface area contributed by atoms with Gasteiger partial charge in [0.25, 0.3) is 0 Å². The number of benzene rings is 1. The van der Waals surface area contributed by atoms with Crippen LogP contribution in [0.5, 0.6) is 11.5 Å². The maximum absolute atomic E-state index is 12.0. The van der Waals surface area contributed by atoms with Gasteiger partial charge in [-0.3, -0.25) is 9.48 Å². The summed E-state index contributed by atoms with van der Waals surface area (Å²) in [6.45, 7) is 0. The lowest BCUT2D eigenvalue weighted by atomic mass is 10.1. The van der Waals surface area contributed by atoms with Crippen LogP contribution in [-0.2, 0) is 7.05 Å². The summed E-state index contributed by atoms with van der Waals surface area (Å²) in [4.78, 5) is 12.0. The monoisotopic (exact) mass is 272 g/mol. The molecule has 0 saturated heterocycles. The Labute approximate surface area is 117 Å². The Hall–Kier alpha value is -2.56. The number of hydrogen-bond acceptors (Lipinski definition) is 4. The molecule has 0 aliphatic heterocycles. The highest BCUT2D eigenvalue weighted by molar-refractivity contribution is 6.06. The molecule has 5 heteroatoms. The van der Waals surface area contributed by atoms with Crippen molar-refractivity contribution >= 4 is 11.9 Å². The molecule has 0 atom stereocenters. The minimum Gasteiger partial charge on any atom is -0.493 e. The van der Waals surface area contributed by atoms with Gasteiger partial charge >= 0.3 is 0 Å². The number of nitrogens with zero attached hydrogens (tertiary/aromatic N) is 2. The average molecular weight is 272 g/mol. The van der Waals surface area contributed by atoms with Gasteiger partial charge in [-0.05, 0) is 18.2 Å². The van der Waals surface area contributed by atoms with Gasteiger partial charge < -0.3 is 9.47 Å². The molecule has 0 N–H and O–H groups in total. The van der Waals surface area contributed by atoms with Gasteiger partial charge in [-0.1, -0.05) is 12.1 Å². The molecule has 2 rings (SSSR count). The van der Waals surface area contributed by atoms with Crippen molar-refractivity contribution in [3.63, 3.8) is 0 Å². The van der Waals surface area contributed by atoms with Crippen molar-refractivity contribution in [2.75, 3.05) is 14.2 Å². The summed E-state index contributed by atoms with van der Waals surface area (Å²) in [6, 6.07) is 5.50. The second-order valence-electron chi connectivity index (χ2n) is 4.18. The van der Waals surface area contributed by atoms with Gasteiger partial charge in [-0.25, -0.2) is 0 Å². The number of hydrogen-bond donors (Lipinski definition) is 0. The first kappa shape index (κ1) is 13.9. The van der Waals surface area contributed by atoms with Gasteiger partial charge in [-0.15, -0.1) is 0 Å². The van der Waals surface area contributed by atoms with Crippen molar-refractivity contribution in [3.05, 3.63) is 47.8 Å². The van der Waals surface area contributed by atoms with Crippen LogP contribution in [0.2, 0.25) is 0 Å². The number of rotatable bonds is 5. The standard InChI is InChI=1S/C15H16N2O3/c1-17-10-12(9-16-17)13(18)8-7-11-5-4-6-14(19-2)15(11)20-3/h4-10H,1-3H3. The first-order chi connectivity index (χ1) is 9.65. The Morgan fingerprint density at radius 3 is 2.70 bits per heavy atom. The number of para-hydroxylation sites is 1. The number of carbonyl (C=O) groups excluding carboxylic acids is 1. The van der Waals surface area contributed by atoms with E-state index in [1.807, 2.05) is 12.1 Å². The fourth-order valence-electron chi connectivity index (χ4n) is 1.85. The Morgan fingerprint density at radius 1 is 1.30 bits per heavy atom. The molecule has 2 aromatic rings. The highest BCUT2D eigenvalue weighted by atomic mass is 16.5. The largest absolute Gasteiger partial charge is 0.493 e. The van der Waals surface area contributed by atoms with Crippen molar-refractivity contribution in [2.45, 2.75) is 0 Å². The quantitative estimate of drug-likeness (QED) is 0.619. The van der Waals surface area contributed by atoms with E-state index in [0.29, 0.717) is 17.1 Å². The van der Waals surface area contributed by atoms with E-state index in [1.54, 1.807) is 44.3 Å². The zero-order chi connectivity index (χ0) is 14.5. The van der Waals surface area contributed by atoms with Crippen LogP contribution in [0, 0.1) is 0 Å². The summed E-state index contributed by atoms with van der Waals surface area (Å²) in [5, 5.41) is 3.97. The second kappa shape index (κ2) is 6.06. The van der Waals surface area contributed by atoms with E-state index in [-0.39, 0.29) is 5.78 Å². The van der Waals surface area contributed by atoms with Crippen LogP contribution in [-0.4, -0.2) is 29.8 Å². The van der Waals surface area contributed by atoms with Gasteiger partial charge in [-0.2, -0.15) is 5.10 Å². The lowest BCUT2D eigenvalue weighted by Crippen LogP contribution is -1.94. The molecule has 1 heterocycles. The predicted molar refractivity (Wildman–Crippen MR) is 76.1 cm³/mol. The summed E-state index contributed by atoms with van der Waals surface area (Å²) in [6.07, 6.45) is 6.41. The molecule has 0 spiro atoms. The smallest absolute Gasteiger partial charge is 0.189 e. The molecule has 0 radical (unpaired) electrons. The molecular formula is C15H16N2O3. The SMILES string of the molecule is COc1cccc(C=CC(=O)c2cnn(C)c2)c1OC. The van der Waals surface area contributed by atoms with E-state index in [1.165, 1.54) is 12.3 Å². The first-order valence-electron chi connectivity index (χ1n) is 6.07. The maximum atomic E-state index is 12.0. The number of methoxy groups -OCH3 is 2. The van der Waals surface area contributed by atoms with Gasteiger partial charge in [0.15, 0.2) is 17.3 Å². The number of aryl methyl sites for hydroxylation is 1. The molecule has 0 bridgehead atoms. The zero-order valence-corrected chi connectivity index (χ0v) is 11.7. The van der Waals surface area contributed by atoms with Crippen molar-refractivity contribution in [1.82, 2.24) is 9.78 Å². The highest BCUT2D eigenvalue weighted by Gasteiger charge is 2.08. The van der Waals surface area contributed by atoms with E-state index in [0.717, 1.165) is 5.56 Å². The van der Waals surface area contributed by atoms with E-state index in [2.05, 4.69) is 5.10 Å². The minimum atomic E-state index is -0.108. The fourth-order valence-corrected chi connectivity index (χ4v) is 1.85. The Bertz CT molecular complexity index is 644. The van der Waals surface area contributed by atoms with Crippen LogP contribution in [0.1, 0.15) is 15.9 Å². The average Bonchev–Trinajstić information content (AvgIpc) is 2.90. The number of aromatic nitrogens is 2. The molecule has 20 heavy (non-hydrogen) atoms. The van der Waals surface area contributed by atoms with Gasteiger partial charge in [0.05, 0.1) is 26.0 Å². The van der Waals surface area contributed by atoms with Crippen LogP contribution in [0.15, 0.2) is 36.7 Å². The number of carbonyl (C=O) groups is 1. The number of ketones is 1. The number of ether oxygens (including phenoxy) is 2. The maximum Gasteiger partial charge on any atom is 0.189 e. The molecule has 0 amide bonds. The van der Waals surface area contributed by atoms with Crippen LogP contribution < -0.4 is 9.47 Å². The third-order valence-electron chi connectivity index (χ3n) is 2.84. The van der Waals surface area contributed by atoms with Crippen molar-refractivity contribution in [1.29, 1.82) is 0 Å². The molecule has 0 aliphatic carbocycles. The summed E-state index contributed by atoms with van der Waals surface area (Å²) >= 11 is 0. The van der Waals surface area contributed by atoms with E-state index >= 15 is 0 Å². The van der Waals surface area contributed by atoms with Gasteiger partial charge in [0.1, 0.15) is 0 Å². The Kier molecular flexibility index (Phi) is 4.20. The number of allylic oxidation sites excluding steroid dienone is 1. The predicted octanol–water partition coefficient (Wildman–Crippen LogP) is 2.33. The molecule has 1 aromatic heterocycles. The van der Waals surface area contributed by atoms with E-state index in [4.69, 9.17) is 9.47 Å². The Balaban J connectivity index is 2.25. The summed E-state index contributed by atoms with van der Waals surface area (Å²) in [5.74, 6) is 1.12. The van der Waals surface area contributed by atoms with Gasteiger partial charge in [0, 0.05) is 18.8 Å². The summed E-state index contributed by atoms with van der Waals surface area (Å²) < 4.78 is 12.1. The molecule has 0 fully saturated rings. The molecule has 5 nitrogen and oxygen atoms in total. The fraction of sp³-hybridized carbons (Fsp3) is 0.200. The molecule has 0 unspecified atom stereocenters. The van der Waals surface area contributed by atoms with Crippen LogP contribution >= 0.6 is 0 Å². The van der Waals surface area contributed by atoms with Crippen LogP contribution in [0.4, 0.5) is 0 Å². The molecule has 0 aliphatic rings. The van der Waals surface area contributed by atoms with Crippen LogP contribution in [0.25, 0.3) is 6.08 Å². The van der Waals surface area contributed by atoms with E-state index < -0.39 is 0 Å².